The first-order valence-electron chi connectivity index (χ1n) is 4.67. The number of esters is 1. The number of nitrogens with zero attached hydrogens (tertiary/aromatic N) is 3. The molecule has 0 amide bonds. The Morgan fingerprint density at radius 3 is 3.00 bits per heavy atom. The van der Waals surface area contributed by atoms with Crippen molar-refractivity contribution < 1.29 is 14.3 Å². The van der Waals surface area contributed by atoms with Gasteiger partial charge in [0, 0.05) is 19.5 Å². The third-order valence-corrected chi connectivity index (χ3v) is 2.14. The van der Waals surface area contributed by atoms with E-state index in [-0.39, 0.29) is 6.61 Å². The molecule has 2 aromatic heterocycles. The normalized spacial score (nSPS) is 10.6. The molecule has 0 radical (unpaired) electrons. The van der Waals surface area contributed by atoms with E-state index in [1.165, 1.54) is 7.11 Å². The second kappa shape index (κ2) is 4.28. The van der Waals surface area contributed by atoms with Crippen molar-refractivity contribution in [1.82, 2.24) is 14.4 Å². The number of rotatable bonds is 3. The number of ether oxygens (including phenoxy) is 2. The van der Waals surface area contributed by atoms with Gasteiger partial charge in [0.05, 0.1) is 13.7 Å². The van der Waals surface area contributed by atoms with Gasteiger partial charge < -0.3 is 9.47 Å². The zero-order chi connectivity index (χ0) is 11.5. The van der Waals surface area contributed by atoms with Crippen molar-refractivity contribution in [3.63, 3.8) is 0 Å². The van der Waals surface area contributed by atoms with Crippen LogP contribution >= 0.6 is 0 Å². The van der Waals surface area contributed by atoms with Crippen molar-refractivity contribution in [1.29, 1.82) is 0 Å². The minimum atomic E-state index is -0.451. The molecule has 0 atom stereocenters. The topological polar surface area (TPSA) is 65.7 Å². The summed E-state index contributed by atoms with van der Waals surface area (Å²) in [4.78, 5) is 19.9. The first-order chi connectivity index (χ1) is 7.77. The molecule has 0 aliphatic heterocycles. The fourth-order valence-corrected chi connectivity index (χ4v) is 1.48. The van der Waals surface area contributed by atoms with Crippen molar-refractivity contribution in [3.05, 3.63) is 29.8 Å². The van der Waals surface area contributed by atoms with Gasteiger partial charge in [0.25, 0.3) is 0 Å². The molecule has 0 N–H and O–H groups in total. The average Bonchev–Trinajstić information content (AvgIpc) is 2.66. The van der Waals surface area contributed by atoms with E-state index in [2.05, 4.69) is 9.97 Å². The van der Waals surface area contributed by atoms with Gasteiger partial charge in [-0.1, -0.05) is 0 Å². The zero-order valence-electron chi connectivity index (χ0n) is 9.01. The largest absolute Gasteiger partial charge is 0.464 e. The highest BCUT2D eigenvalue weighted by molar-refractivity contribution is 5.89. The van der Waals surface area contributed by atoms with Gasteiger partial charge in [-0.15, -0.1) is 0 Å². The van der Waals surface area contributed by atoms with Gasteiger partial charge in [0.2, 0.25) is 5.78 Å². The minimum Gasteiger partial charge on any atom is -0.464 e. The third-order valence-electron chi connectivity index (χ3n) is 2.14. The van der Waals surface area contributed by atoms with Gasteiger partial charge in [0.15, 0.2) is 5.69 Å². The Morgan fingerprint density at radius 1 is 1.50 bits per heavy atom. The molecule has 0 unspecified atom stereocenters. The van der Waals surface area contributed by atoms with Crippen molar-refractivity contribution in [3.8, 4) is 0 Å². The lowest BCUT2D eigenvalue weighted by molar-refractivity contribution is 0.0587. The number of methoxy groups -OCH3 is 2. The summed E-state index contributed by atoms with van der Waals surface area (Å²) in [5.74, 6) is 0.00231. The van der Waals surface area contributed by atoms with E-state index in [0.29, 0.717) is 17.2 Å². The van der Waals surface area contributed by atoms with E-state index in [1.807, 2.05) is 0 Å². The highest BCUT2D eigenvalue weighted by Crippen LogP contribution is 2.12. The fraction of sp³-hybridized carbons (Fsp3) is 0.300. The Morgan fingerprint density at radius 2 is 2.31 bits per heavy atom. The summed E-state index contributed by atoms with van der Waals surface area (Å²) in [6.45, 7) is 0.244. The van der Waals surface area contributed by atoms with Crippen LogP contribution in [0.1, 0.15) is 16.2 Å². The molecule has 2 heterocycles. The van der Waals surface area contributed by atoms with E-state index in [4.69, 9.17) is 9.47 Å². The molecule has 0 aliphatic carbocycles. The summed E-state index contributed by atoms with van der Waals surface area (Å²) in [5.41, 5.74) is 0.875. The molecule has 6 nitrogen and oxygen atoms in total. The zero-order valence-corrected chi connectivity index (χ0v) is 9.01. The van der Waals surface area contributed by atoms with Crippen molar-refractivity contribution >= 4 is 11.7 Å². The monoisotopic (exact) mass is 221 g/mol. The van der Waals surface area contributed by atoms with Crippen molar-refractivity contribution in [2.75, 3.05) is 14.2 Å². The molecular formula is C10H11N3O3. The molecule has 0 aromatic carbocycles. The van der Waals surface area contributed by atoms with E-state index < -0.39 is 5.97 Å². The number of hydrogen-bond donors (Lipinski definition) is 0. The summed E-state index contributed by atoms with van der Waals surface area (Å²) in [7, 11) is 2.87. The van der Waals surface area contributed by atoms with Crippen LogP contribution in [0.2, 0.25) is 0 Å². The Kier molecular flexibility index (Phi) is 2.82. The lowest BCUT2D eigenvalue weighted by Crippen LogP contribution is -2.09. The first-order valence-corrected chi connectivity index (χ1v) is 4.67. The Bertz CT molecular complexity index is 521. The van der Waals surface area contributed by atoms with Crippen LogP contribution in [-0.4, -0.2) is 34.6 Å². The van der Waals surface area contributed by atoms with Gasteiger partial charge in [0.1, 0.15) is 5.69 Å². The highest BCUT2D eigenvalue weighted by Gasteiger charge is 2.19. The number of hydrogen-bond acceptors (Lipinski definition) is 5. The van der Waals surface area contributed by atoms with Crippen LogP contribution in [0.4, 0.5) is 0 Å². The molecule has 84 valence electrons. The molecule has 0 aliphatic rings. The summed E-state index contributed by atoms with van der Waals surface area (Å²) in [6.07, 6.45) is 3.32. The Balaban J connectivity index is 2.64. The number of carbonyl (C=O) groups excluding carboxylic acids is 1. The van der Waals surface area contributed by atoms with Crippen LogP contribution in [0.15, 0.2) is 18.5 Å². The molecule has 2 rings (SSSR count). The quantitative estimate of drug-likeness (QED) is 0.712. The van der Waals surface area contributed by atoms with Crippen LogP contribution in [0.5, 0.6) is 0 Å². The van der Waals surface area contributed by atoms with Gasteiger partial charge >= 0.3 is 5.97 Å². The lowest BCUT2D eigenvalue weighted by Gasteiger charge is -2.01. The van der Waals surface area contributed by atoms with E-state index in [1.54, 1.807) is 30.0 Å². The predicted molar refractivity (Wildman–Crippen MR) is 55.0 cm³/mol. The lowest BCUT2D eigenvalue weighted by atomic mass is 10.3. The van der Waals surface area contributed by atoms with Gasteiger partial charge in [-0.2, -0.15) is 0 Å². The first kappa shape index (κ1) is 10.6. The van der Waals surface area contributed by atoms with Crippen LogP contribution < -0.4 is 0 Å². The Hall–Kier alpha value is -1.95. The maximum absolute atomic E-state index is 11.6. The second-order valence-electron chi connectivity index (χ2n) is 3.12. The molecule has 2 aromatic rings. The highest BCUT2D eigenvalue weighted by atomic mass is 16.5. The fourth-order valence-electron chi connectivity index (χ4n) is 1.48. The van der Waals surface area contributed by atoms with Gasteiger partial charge in [-0.25, -0.2) is 14.8 Å². The molecule has 6 heteroatoms. The number of imidazole rings is 1. The minimum absolute atomic E-state index is 0.244. The van der Waals surface area contributed by atoms with Crippen LogP contribution in [-0.2, 0) is 16.1 Å². The van der Waals surface area contributed by atoms with Gasteiger partial charge in [-0.05, 0) is 6.07 Å². The molecular weight excluding hydrogens is 210 g/mol. The predicted octanol–water partition coefficient (Wildman–Crippen LogP) is 0.662. The van der Waals surface area contributed by atoms with Gasteiger partial charge in [-0.3, -0.25) is 4.40 Å². The molecule has 0 saturated heterocycles. The number of aromatic nitrogens is 3. The molecule has 0 saturated carbocycles. The smallest absolute Gasteiger partial charge is 0.357 e. The average molecular weight is 221 g/mol. The van der Waals surface area contributed by atoms with Crippen LogP contribution in [0.25, 0.3) is 5.78 Å². The number of fused-ring (bicyclic) bond motifs is 1. The maximum Gasteiger partial charge on any atom is 0.357 e. The maximum atomic E-state index is 11.6. The van der Waals surface area contributed by atoms with E-state index in [9.17, 15) is 4.79 Å². The number of carbonyl (C=O) groups is 1. The van der Waals surface area contributed by atoms with Crippen molar-refractivity contribution in [2.24, 2.45) is 0 Å². The third kappa shape index (κ3) is 1.63. The molecule has 0 spiro atoms. The molecule has 0 fully saturated rings. The summed E-state index contributed by atoms with van der Waals surface area (Å²) in [6, 6.07) is 1.72. The summed E-state index contributed by atoms with van der Waals surface area (Å²) in [5, 5.41) is 0. The standard InChI is InChI=1S/C10H11N3O3/c1-15-6-7-8(9(14)16-2)13-5-3-4-11-10(13)12-7/h3-5H,6H2,1-2H3. The van der Waals surface area contributed by atoms with Crippen molar-refractivity contribution in [2.45, 2.75) is 6.61 Å². The summed E-state index contributed by atoms with van der Waals surface area (Å²) < 4.78 is 11.3. The summed E-state index contributed by atoms with van der Waals surface area (Å²) >= 11 is 0. The van der Waals surface area contributed by atoms with Crippen LogP contribution in [0, 0.1) is 0 Å². The van der Waals surface area contributed by atoms with E-state index >= 15 is 0 Å². The molecule has 16 heavy (non-hydrogen) atoms. The SMILES string of the molecule is COCc1nc2ncccn2c1C(=O)OC. The van der Waals surface area contributed by atoms with E-state index in [0.717, 1.165) is 0 Å². The van der Waals surface area contributed by atoms with Crippen LogP contribution in [0.3, 0.4) is 0 Å². The Labute approximate surface area is 91.8 Å². The molecule has 0 bridgehead atoms. The second-order valence-corrected chi connectivity index (χ2v) is 3.12.